The van der Waals surface area contributed by atoms with Crippen molar-refractivity contribution in [3.63, 3.8) is 0 Å². The van der Waals surface area contributed by atoms with Gasteiger partial charge in [0.25, 0.3) is 0 Å². The smallest absolute Gasteiger partial charge is 0.0312 e. The molecule has 0 saturated heterocycles. The molecule has 1 aliphatic carbocycles. The molecule has 1 aromatic rings. The number of unbranched alkanes of at least 4 members (excludes halogenated alkanes) is 3. The molecule has 0 aromatic carbocycles. The van der Waals surface area contributed by atoms with Crippen molar-refractivity contribution < 1.29 is 0 Å². The van der Waals surface area contributed by atoms with Crippen LogP contribution in [0.5, 0.6) is 0 Å². The fourth-order valence-electron chi connectivity index (χ4n) is 2.80. The van der Waals surface area contributed by atoms with E-state index in [0.29, 0.717) is 0 Å². The SMILES string of the molecule is CCCCCCn1cc2c(c1)C(N)CCCC2. The molecular formula is C15H26N2. The molecule has 2 nitrogen and oxygen atoms in total. The molecule has 2 rings (SSSR count). The van der Waals surface area contributed by atoms with Gasteiger partial charge in [-0.2, -0.15) is 0 Å². The summed E-state index contributed by atoms with van der Waals surface area (Å²) >= 11 is 0. The van der Waals surface area contributed by atoms with Gasteiger partial charge in [0.15, 0.2) is 0 Å². The maximum Gasteiger partial charge on any atom is 0.0312 e. The van der Waals surface area contributed by atoms with E-state index in [4.69, 9.17) is 5.73 Å². The Hall–Kier alpha value is -0.760. The highest BCUT2D eigenvalue weighted by molar-refractivity contribution is 5.28. The Balaban J connectivity index is 1.94. The lowest BCUT2D eigenvalue weighted by molar-refractivity contribution is 0.574. The molecular weight excluding hydrogens is 208 g/mol. The molecule has 0 spiro atoms. The van der Waals surface area contributed by atoms with Gasteiger partial charge >= 0.3 is 0 Å². The van der Waals surface area contributed by atoms with Crippen LogP contribution in [0.25, 0.3) is 0 Å². The van der Waals surface area contributed by atoms with Crippen molar-refractivity contribution in [3.8, 4) is 0 Å². The van der Waals surface area contributed by atoms with Gasteiger partial charge < -0.3 is 10.3 Å². The zero-order valence-corrected chi connectivity index (χ0v) is 11.1. The van der Waals surface area contributed by atoms with Crippen LogP contribution in [0.2, 0.25) is 0 Å². The van der Waals surface area contributed by atoms with Crippen molar-refractivity contribution >= 4 is 0 Å². The second-order valence-corrected chi connectivity index (χ2v) is 5.39. The number of hydrogen-bond acceptors (Lipinski definition) is 1. The number of aromatic nitrogens is 1. The van der Waals surface area contributed by atoms with Gasteiger partial charge in [-0.25, -0.2) is 0 Å². The molecule has 0 aliphatic heterocycles. The quantitative estimate of drug-likeness (QED) is 0.610. The third kappa shape index (κ3) is 3.35. The van der Waals surface area contributed by atoms with Crippen LogP contribution in [0.15, 0.2) is 12.4 Å². The van der Waals surface area contributed by atoms with E-state index in [0.717, 1.165) is 6.42 Å². The van der Waals surface area contributed by atoms with Crippen LogP contribution in [-0.2, 0) is 13.0 Å². The molecule has 1 atom stereocenters. The first-order valence-corrected chi connectivity index (χ1v) is 7.25. The van der Waals surface area contributed by atoms with Gasteiger partial charge in [-0.1, -0.05) is 32.6 Å². The van der Waals surface area contributed by atoms with Gasteiger partial charge in [0.05, 0.1) is 0 Å². The van der Waals surface area contributed by atoms with E-state index in [-0.39, 0.29) is 6.04 Å². The summed E-state index contributed by atoms with van der Waals surface area (Å²) in [4.78, 5) is 0. The summed E-state index contributed by atoms with van der Waals surface area (Å²) < 4.78 is 2.37. The molecule has 2 N–H and O–H groups in total. The zero-order chi connectivity index (χ0) is 12.1. The van der Waals surface area contributed by atoms with E-state index >= 15 is 0 Å². The molecule has 1 aliphatic rings. The number of fused-ring (bicyclic) bond motifs is 1. The van der Waals surface area contributed by atoms with E-state index < -0.39 is 0 Å². The monoisotopic (exact) mass is 234 g/mol. The highest BCUT2D eigenvalue weighted by Crippen LogP contribution is 2.27. The molecule has 0 radical (unpaired) electrons. The van der Waals surface area contributed by atoms with E-state index in [2.05, 4.69) is 23.9 Å². The first kappa shape index (κ1) is 12.7. The van der Waals surface area contributed by atoms with Crippen LogP contribution in [0.4, 0.5) is 0 Å². The van der Waals surface area contributed by atoms with Crippen molar-refractivity contribution in [3.05, 3.63) is 23.5 Å². The zero-order valence-electron chi connectivity index (χ0n) is 11.1. The minimum Gasteiger partial charge on any atom is -0.354 e. The fourth-order valence-corrected chi connectivity index (χ4v) is 2.80. The number of rotatable bonds is 5. The van der Waals surface area contributed by atoms with Crippen LogP contribution in [0.3, 0.4) is 0 Å². The summed E-state index contributed by atoms with van der Waals surface area (Å²) in [6.45, 7) is 3.43. The molecule has 1 unspecified atom stereocenters. The number of hydrogen-bond donors (Lipinski definition) is 1. The first-order valence-electron chi connectivity index (χ1n) is 7.25. The standard InChI is InChI=1S/C15H26N2/c1-2-3-4-7-10-17-11-13-8-5-6-9-15(16)14(13)12-17/h11-12,15H,2-10,16H2,1H3. The van der Waals surface area contributed by atoms with Crippen LogP contribution in [0.1, 0.15) is 69.0 Å². The van der Waals surface area contributed by atoms with Crippen molar-refractivity contribution in [1.29, 1.82) is 0 Å². The molecule has 0 amide bonds. The summed E-state index contributed by atoms with van der Waals surface area (Å²) in [5, 5.41) is 0. The Morgan fingerprint density at radius 2 is 2.12 bits per heavy atom. The van der Waals surface area contributed by atoms with Crippen molar-refractivity contribution in [2.75, 3.05) is 0 Å². The topological polar surface area (TPSA) is 30.9 Å². The van der Waals surface area contributed by atoms with Gasteiger partial charge in [-0.05, 0) is 36.8 Å². The summed E-state index contributed by atoms with van der Waals surface area (Å²) in [6.07, 6.45) is 14.9. The van der Waals surface area contributed by atoms with Crippen molar-refractivity contribution in [2.45, 2.75) is 70.9 Å². The Bertz CT molecular complexity index is 341. The van der Waals surface area contributed by atoms with Gasteiger partial charge in [0.1, 0.15) is 0 Å². The second-order valence-electron chi connectivity index (χ2n) is 5.39. The van der Waals surface area contributed by atoms with E-state index in [1.54, 1.807) is 0 Å². The molecule has 1 heterocycles. The van der Waals surface area contributed by atoms with Crippen molar-refractivity contribution in [1.82, 2.24) is 4.57 Å². The summed E-state index contributed by atoms with van der Waals surface area (Å²) in [6, 6.07) is 0.282. The van der Waals surface area contributed by atoms with Crippen molar-refractivity contribution in [2.24, 2.45) is 5.73 Å². The maximum absolute atomic E-state index is 6.22. The Labute approximate surface area is 105 Å². The van der Waals surface area contributed by atoms with Crippen LogP contribution >= 0.6 is 0 Å². The first-order chi connectivity index (χ1) is 8.31. The number of nitrogens with two attached hydrogens (primary N) is 1. The third-order valence-corrected chi connectivity index (χ3v) is 3.88. The molecule has 1 aromatic heterocycles. The van der Waals surface area contributed by atoms with Crippen LogP contribution in [-0.4, -0.2) is 4.57 Å². The predicted octanol–water partition coefficient (Wildman–Crippen LogP) is 3.79. The second kappa shape index (κ2) is 6.25. The fraction of sp³-hybridized carbons (Fsp3) is 0.733. The molecule has 17 heavy (non-hydrogen) atoms. The molecule has 0 bridgehead atoms. The highest BCUT2D eigenvalue weighted by atomic mass is 14.9. The molecule has 0 fully saturated rings. The summed E-state index contributed by atoms with van der Waals surface area (Å²) in [5.41, 5.74) is 9.14. The lowest BCUT2D eigenvalue weighted by Crippen LogP contribution is -2.09. The molecule has 2 heteroatoms. The third-order valence-electron chi connectivity index (χ3n) is 3.88. The lowest BCUT2D eigenvalue weighted by Gasteiger charge is -2.07. The average Bonchev–Trinajstić information content (AvgIpc) is 2.66. The van der Waals surface area contributed by atoms with E-state index in [1.165, 1.54) is 62.6 Å². The maximum atomic E-state index is 6.22. The Morgan fingerprint density at radius 1 is 1.24 bits per heavy atom. The molecule has 0 saturated carbocycles. The predicted molar refractivity (Wildman–Crippen MR) is 73.1 cm³/mol. The molecule has 96 valence electrons. The average molecular weight is 234 g/mol. The minimum atomic E-state index is 0.282. The van der Waals surface area contributed by atoms with Gasteiger partial charge in [0, 0.05) is 25.0 Å². The van der Waals surface area contributed by atoms with Crippen LogP contribution < -0.4 is 5.73 Å². The highest BCUT2D eigenvalue weighted by Gasteiger charge is 2.16. The minimum absolute atomic E-state index is 0.282. The van der Waals surface area contributed by atoms with Crippen LogP contribution in [0, 0.1) is 0 Å². The van der Waals surface area contributed by atoms with Gasteiger partial charge in [-0.15, -0.1) is 0 Å². The van der Waals surface area contributed by atoms with E-state index in [1.807, 2.05) is 0 Å². The van der Waals surface area contributed by atoms with E-state index in [9.17, 15) is 0 Å². The normalized spacial score (nSPS) is 20.0. The summed E-state index contributed by atoms with van der Waals surface area (Å²) in [7, 11) is 0. The largest absolute Gasteiger partial charge is 0.354 e. The lowest BCUT2D eigenvalue weighted by atomic mass is 10.1. The summed E-state index contributed by atoms with van der Waals surface area (Å²) in [5.74, 6) is 0. The number of aryl methyl sites for hydroxylation is 2. The Morgan fingerprint density at radius 3 is 2.94 bits per heavy atom. The Kier molecular flexibility index (Phi) is 4.66. The number of nitrogens with zero attached hydrogens (tertiary/aromatic N) is 1. The van der Waals surface area contributed by atoms with Gasteiger partial charge in [-0.3, -0.25) is 0 Å². The van der Waals surface area contributed by atoms with Gasteiger partial charge in [0.2, 0.25) is 0 Å².